The van der Waals surface area contributed by atoms with E-state index in [0.29, 0.717) is 19.5 Å². The fourth-order valence-corrected chi connectivity index (χ4v) is 2.28. The number of pyridine rings is 2. The Kier molecular flexibility index (Phi) is 4.73. The highest BCUT2D eigenvalue weighted by atomic mass is 16.1. The molecule has 1 N–H and O–H groups in total. The molecule has 1 amide bonds. The number of carbonyl (C=O) groups excluding carboxylic acids is 1. The number of nitrogens with zero attached hydrogens (tertiary/aromatic N) is 4. The van der Waals surface area contributed by atoms with Crippen molar-refractivity contribution in [3.05, 3.63) is 66.9 Å². The van der Waals surface area contributed by atoms with Crippen LogP contribution in [0.3, 0.4) is 0 Å². The van der Waals surface area contributed by atoms with E-state index in [4.69, 9.17) is 0 Å². The first-order chi connectivity index (χ1) is 11.3. The highest BCUT2D eigenvalue weighted by Gasteiger charge is 2.07. The van der Waals surface area contributed by atoms with Gasteiger partial charge in [0.1, 0.15) is 5.69 Å². The van der Waals surface area contributed by atoms with Gasteiger partial charge in [-0.05, 0) is 23.8 Å². The number of carbonyl (C=O) groups is 1. The molecule has 0 saturated heterocycles. The zero-order chi connectivity index (χ0) is 15.9. The Morgan fingerprint density at radius 3 is 2.83 bits per heavy atom. The van der Waals surface area contributed by atoms with Crippen LogP contribution >= 0.6 is 0 Å². The Morgan fingerprint density at radius 1 is 1.09 bits per heavy atom. The van der Waals surface area contributed by atoms with E-state index >= 15 is 0 Å². The van der Waals surface area contributed by atoms with Crippen molar-refractivity contribution in [2.75, 3.05) is 6.54 Å². The molecule has 0 fully saturated rings. The molecule has 0 unspecified atom stereocenters. The van der Waals surface area contributed by atoms with Gasteiger partial charge in [0.05, 0.1) is 6.42 Å². The summed E-state index contributed by atoms with van der Waals surface area (Å²) in [4.78, 5) is 24.6. The number of amides is 1. The lowest BCUT2D eigenvalue weighted by Gasteiger charge is -2.09. The Labute approximate surface area is 134 Å². The number of hydrogen-bond acceptors (Lipinski definition) is 4. The summed E-state index contributed by atoms with van der Waals surface area (Å²) in [6.07, 6.45) is 9.10. The van der Waals surface area contributed by atoms with E-state index in [1.807, 2.05) is 41.1 Å². The van der Waals surface area contributed by atoms with Crippen LogP contribution in [-0.2, 0) is 17.8 Å². The van der Waals surface area contributed by atoms with Gasteiger partial charge in [0.25, 0.3) is 0 Å². The van der Waals surface area contributed by atoms with Crippen LogP contribution in [0.4, 0.5) is 0 Å². The summed E-state index contributed by atoms with van der Waals surface area (Å²) in [6, 6.07) is 9.43. The van der Waals surface area contributed by atoms with E-state index in [0.717, 1.165) is 17.1 Å². The van der Waals surface area contributed by atoms with Crippen molar-refractivity contribution >= 4 is 5.91 Å². The Bertz CT molecular complexity index is 755. The molecule has 0 spiro atoms. The van der Waals surface area contributed by atoms with E-state index in [1.54, 1.807) is 24.8 Å². The average Bonchev–Trinajstić information content (AvgIpc) is 3.05. The lowest BCUT2D eigenvalue weighted by Crippen LogP contribution is -2.28. The van der Waals surface area contributed by atoms with Gasteiger partial charge in [-0.1, -0.05) is 12.1 Å². The Hall–Kier alpha value is -3.02. The van der Waals surface area contributed by atoms with Crippen molar-refractivity contribution in [3.8, 4) is 11.5 Å². The van der Waals surface area contributed by atoms with Gasteiger partial charge < -0.3 is 9.88 Å². The molecule has 0 bridgehead atoms. The average molecular weight is 307 g/mol. The molecule has 6 heteroatoms. The second kappa shape index (κ2) is 7.31. The van der Waals surface area contributed by atoms with Crippen molar-refractivity contribution in [1.82, 2.24) is 24.8 Å². The maximum atomic E-state index is 11.9. The van der Waals surface area contributed by atoms with Gasteiger partial charge >= 0.3 is 0 Å². The molecule has 0 saturated carbocycles. The molecule has 0 aliphatic heterocycles. The summed E-state index contributed by atoms with van der Waals surface area (Å²) >= 11 is 0. The number of rotatable bonds is 6. The van der Waals surface area contributed by atoms with Crippen LogP contribution in [0, 0.1) is 0 Å². The van der Waals surface area contributed by atoms with Crippen molar-refractivity contribution in [3.63, 3.8) is 0 Å². The second-order valence-electron chi connectivity index (χ2n) is 5.05. The molecule has 3 heterocycles. The molecule has 0 aliphatic rings. The van der Waals surface area contributed by atoms with Crippen molar-refractivity contribution in [2.45, 2.75) is 13.0 Å². The van der Waals surface area contributed by atoms with Crippen LogP contribution < -0.4 is 5.32 Å². The molecule has 116 valence electrons. The second-order valence-corrected chi connectivity index (χ2v) is 5.05. The van der Waals surface area contributed by atoms with E-state index < -0.39 is 0 Å². The molecule has 23 heavy (non-hydrogen) atoms. The first-order valence-corrected chi connectivity index (χ1v) is 7.41. The maximum absolute atomic E-state index is 11.9. The molecule has 0 radical (unpaired) electrons. The highest BCUT2D eigenvalue weighted by Crippen LogP contribution is 2.13. The number of imidazole rings is 1. The smallest absolute Gasteiger partial charge is 0.224 e. The molecule has 0 aromatic carbocycles. The SMILES string of the molecule is O=C(Cc1cccnc1)NCCn1ccnc1-c1ccccn1. The molecule has 3 aromatic rings. The monoisotopic (exact) mass is 307 g/mol. The Balaban J connectivity index is 1.54. The standard InChI is InChI=1S/C17H17N5O/c23-16(12-14-4-3-6-18-13-14)20-8-10-22-11-9-21-17(22)15-5-1-2-7-19-15/h1-7,9,11,13H,8,10,12H2,(H,20,23). The highest BCUT2D eigenvalue weighted by molar-refractivity contribution is 5.78. The van der Waals surface area contributed by atoms with Gasteiger partial charge in [-0.15, -0.1) is 0 Å². The zero-order valence-electron chi connectivity index (χ0n) is 12.6. The Morgan fingerprint density at radius 2 is 2.04 bits per heavy atom. The number of hydrogen-bond donors (Lipinski definition) is 1. The fourth-order valence-electron chi connectivity index (χ4n) is 2.28. The largest absolute Gasteiger partial charge is 0.354 e. The normalized spacial score (nSPS) is 10.4. The topological polar surface area (TPSA) is 72.7 Å². The van der Waals surface area contributed by atoms with Crippen molar-refractivity contribution in [1.29, 1.82) is 0 Å². The molecule has 3 aromatic heterocycles. The van der Waals surface area contributed by atoms with Crippen molar-refractivity contribution in [2.24, 2.45) is 0 Å². The third-order valence-electron chi connectivity index (χ3n) is 3.37. The summed E-state index contributed by atoms with van der Waals surface area (Å²) in [6.45, 7) is 1.18. The summed E-state index contributed by atoms with van der Waals surface area (Å²) in [7, 11) is 0. The van der Waals surface area contributed by atoms with Gasteiger partial charge in [0.15, 0.2) is 5.82 Å². The minimum Gasteiger partial charge on any atom is -0.354 e. The lowest BCUT2D eigenvalue weighted by molar-refractivity contribution is -0.120. The summed E-state index contributed by atoms with van der Waals surface area (Å²) in [5.74, 6) is 0.782. The minimum absolute atomic E-state index is 0.0162. The summed E-state index contributed by atoms with van der Waals surface area (Å²) in [5.41, 5.74) is 1.72. The van der Waals surface area contributed by atoms with Crippen LogP contribution in [-0.4, -0.2) is 32.0 Å². The minimum atomic E-state index is -0.0162. The van der Waals surface area contributed by atoms with Gasteiger partial charge in [0.2, 0.25) is 5.91 Å². The van der Waals surface area contributed by atoms with Gasteiger partial charge in [-0.3, -0.25) is 14.8 Å². The maximum Gasteiger partial charge on any atom is 0.224 e. The molecule has 0 aliphatic carbocycles. The lowest BCUT2D eigenvalue weighted by atomic mass is 10.2. The quantitative estimate of drug-likeness (QED) is 0.752. The van der Waals surface area contributed by atoms with E-state index in [2.05, 4.69) is 20.3 Å². The van der Waals surface area contributed by atoms with Crippen LogP contribution in [0.1, 0.15) is 5.56 Å². The first kappa shape index (κ1) is 14.9. The van der Waals surface area contributed by atoms with Gasteiger partial charge in [-0.25, -0.2) is 4.98 Å². The zero-order valence-corrected chi connectivity index (χ0v) is 12.6. The van der Waals surface area contributed by atoms with E-state index in [9.17, 15) is 4.79 Å². The van der Waals surface area contributed by atoms with Gasteiger partial charge in [-0.2, -0.15) is 0 Å². The third-order valence-corrected chi connectivity index (χ3v) is 3.37. The summed E-state index contributed by atoms with van der Waals surface area (Å²) < 4.78 is 1.98. The molecular weight excluding hydrogens is 290 g/mol. The fraction of sp³-hybridized carbons (Fsp3) is 0.176. The predicted octanol–water partition coefficient (Wildman–Crippen LogP) is 1.70. The summed E-state index contributed by atoms with van der Waals surface area (Å²) in [5, 5.41) is 2.91. The third kappa shape index (κ3) is 4.00. The van der Waals surface area contributed by atoms with Crippen molar-refractivity contribution < 1.29 is 4.79 Å². The molecule has 3 rings (SSSR count). The van der Waals surface area contributed by atoms with Crippen LogP contribution in [0.5, 0.6) is 0 Å². The van der Waals surface area contributed by atoms with Gasteiger partial charge in [0, 0.05) is 44.1 Å². The first-order valence-electron chi connectivity index (χ1n) is 7.41. The van der Waals surface area contributed by atoms with Crippen LogP contribution in [0.25, 0.3) is 11.5 Å². The molecular formula is C17H17N5O. The number of aromatic nitrogens is 4. The predicted molar refractivity (Wildman–Crippen MR) is 86.4 cm³/mol. The number of nitrogens with one attached hydrogen (secondary N) is 1. The molecule has 0 atom stereocenters. The van der Waals surface area contributed by atoms with Crippen LogP contribution in [0.2, 0.25) is 0 Å². The molecule has 6 nitrogen and oxygen atoms in total. The van der Waals surface area contributed by atoms with Crippen LogP contribution in [0.15, 0.2) is 61.3 Å². The van der Waals surface area contributed by atoms with E-state index in [-0.39, 0.29) is 5.91 Å². The van der Waals surface area contributed by atoms with E-state index in [1.165, 1.54) is 0 Å².